The van der Waals surface area contributed by atoms with E-state index < -0.39 is 24.5 Å². The van der Waals surface area contributed by atoms with Crippen molar-refractivity contribution < 1.29 is 14.7 Å². The molecule has 0 aliphatic heterocycles. The third-order valence-electron chi connectivity index (χ3n) is 5.85. The van der Waals surface area contributed by atoms with Gasteiger partial charge >= 0.3 is 5.97 Å². The quantitative estimate of drug-likeness (QED) is 0.301. The minimum atomic E-state index is -1.17. The second-order valence-electron chi connectivity index (χ2n) is 8.27. The predicted octanol–water partition coefficient (Wildman–Crippen LogP) is 5.54. The molecule has 0 aliphatic rings. The van der Waals surface area contributed by atoms with Crippen LogP contribution in [0.1, 0.15) is 41.1 Å². The number of halogens is 2. The van der Waals surface area contributed by atoms with Crippen molar-refractivity contribution >= 4 is 50.3 Å². The van der Waals surface area contributed by atoms with Crippen LogP contribution in [-0.2, 0) is 11.3 Å². The average molecular weight is 569 g/mol. The molecular formula is C27H23BrClN3O4. The lowest BCUT2D eigenvalue weighted by Gasteiger charge is -2.31. The van der Waals surface area contributed by atoms with Crippen molar-refractivity contribution in [1.29, 1.82) is 0 Å². The van der Waals surface area contributed by atoms with Crippen LogP contribution in [0.5, 0.6) is 0 Å². The third-order valence-corrected chi connectivity index (χ3v) is 6.61. The number of benzene rings is 3. The number of nitrogens with zero attached hydrogens (tertiary/aromatic N) is 3. The van der Waals surface area contributed by atoms with E-state index in [0.717, 1.165) is 10.0 Å². The fourth-order valence-electron chi connectivity index (χ4n) is 4.15. The summed E-state index contributed by atoms with van der Waals surface area (Å²) in [6.45, 7) is 1.49. The van der Waals surface area contributed by atoms with E-state index in [4.69, 9.17) is 16.6 Å². The summed E-state index contributed by atoms with van der Waals surface area (Å²) in [5, 5.41) is 10.5. The number of carboxylic acid groups (broad SMARTS) is 1. The number of rotatable bonds is 8. The molecule has 0 saturated heterocycles. The number of hydrogen-bond donors (Lipinski definition) is 1. The Labute approximate surface area is 221 Å². The summed E-state index contributed by atoms with van der Waals surface area (Å²) in [7, 11) is 0. The normalized spacial score (nSPS) is 11.9. The first kappa shape index (κ1) is 25.6. The molecule has 4 aromatic rings. The molecule has 0 aliphatic carbocycles. The largest absolute Gasteiger partial charge is 0.480 e. The van der Waals surface area contributed by atoms with Crippen molar-refractivity contribution in [1.82, 2.24) is 14.5 Å². The predicted molar refractivity (Wildman–Crippen MR) is 142 cm³/mol. The van der Waals surface area contributed by atoms with Gasteiger partial charge in [-0.3, -0.25) is 19.0 Å². The van der Waals surface area contributed by atoms with Gasteiger partial charge in [-0.25, -0.2) is 4.98 Å². The van der Waals surface area contributed by atoms with Crippen molar-refractivity contribution in [3.63, 3.8) is 0 Å². The first-order valence-electron chi connectivity index (χ1n) is 11.3. The Morgan fingerprint density at radius 2 is 1.78 bits per heavy atom. The molecule has 1 aromatic heterocycles. The lowest BCUT2D eigenvalue weighted by Crippen LogP contribution is -2.41. The van der Waals surface area contributed by atoms with Crippen molar-refractivity contribution in [3.05, 3.63) is 110 Å². The maximum absolute atomic E-state index is 13.7. The van der Waals surface area contributed by atoms with Gasteiger partial charge in [-0.05, 0) is 54.4 Å². The molecule has 1 atom stereocenters. The highest BCUT2D eigenvalue weighted by molar-refractivity contribution is 9.10. The summed E-state index contributed by atoms with van der Waals surface area (Å²) in [4.78, 5) is 45.1. The molecule has 184 valence electrons. The van der Waals surface area contributed by atoms with Gasteiger partial charge in [-0.2, -0.15) is 0 Å². The second kappa shape index (κ2) is 11.1. The van der Waals surface area contributed by atoms with E-state index >= 15 is 0 Å². The van der Waals surface area contributed by atoms with Gasteiger partial charge in [0.2, 0.25) is 0 Å². The number of carbonyl (C=O) groups is 2. The summed E-state index contributed by atoms with van der Waals surface area (Å²) < 4.78 is 2.31. The molecule has 0 saturated carbocycles. The van der Waals surface area contributed by atoms with E-state index in [9.17, 15) is 19.5 Å². The van der Waals surface area contributed by atoms with Gasteiger partial charge in [0, 0.05) is 15.1 Å². The number of fused-ring (bicyclic) bond motifs is 1. The lowest BCUT2D eigenvalue weighted by molar-refractivity contribution is -0.138. The monoisotopic (exact) mass is 567 g/mol. The highest BCUT2D eigenvalue weighted by atomic mass is 79.9. The van der Waals surface area contributed by atoms with Crippen LogP contribution in [0.2, 0.25) is 5.02 Å². The third kappa shape index (κ3) is 5.50. The first-order chi connectivity index (χ1) is 17.3. The molecule has 3 aromatic carbocycles. The number of carboxylic acids is 1. The van der Waals surface area contributed by atoms with Crippen LogP contribution in [0, 0.1) is 0 Å². The number of hydrogen-bond acceptors (Lipinski definition) is 4. The fourth-order valence-corrected chi connectivity index (χ4v) is 4.59. The van der Waals surface area contributed by atoms with Crippen molar-refractivity contribution in [3.8, 4) is 0 Å². The number of aromatic nitrogens is 2. The summed E-state index contributed by atoms with van der Waals surface area (Å²) >= 11 is 9.54. The first-order valence-corrected chi connectivity index (χ1v) is 12.5. The highest BCUT2D eigenvalue weighted by Gasteiger charge is 2.31. The van der Waals surface area contributed by atoms with Crippen molar-refractivity contribution in [2.45, 2.75) is 25.9 Å². The van der Waals surface area contributed by atoms with Gasteiger partial charge in [0.05, 0.1) is 23.5 Å². The van der Waals surface area contributed by atoms with Crippen LogP contribution in [0.15, 0.2) is 82.1 Å². The zero-order valence-electron chi connectivity index (χ0n) is 19.4. The Kier molecular flexibility index (Phi) is 7.86. The van der Waals surface area contributed by atoms with Gasteiger partial charge in [0.25, 0.3) is 11.5 Å². The average Bonchev–Trinajstić information content (AvgIpc) is 2.86. The van der Waals surface area contributed by atoms with Crippen LogP contribution >= 0.6 is 27.5 Å². The number of amides is 1. The molecule has 4 rings (SSSR count). The standard InChI is InChI=1S/C27H23BrClN3O4/c1-2-23(31(16-24(33)34)26(35)18-8-10-19(28)11-9-18)25-30-22-14-20(29)12-13-21(22)27(36)32(25)15-17-6-4-3-5-7-17/h3-14,23H,2,15-16H2,1H3,(H,33,34). The van der Waals surface area contributed by atoms with E-state index in [1.54, 1.807) is 42.5 Å². The van der Waals surface area contributed by atoms with Crippen LogP contribution < -0.4 is 5.56 Å². The Hall–Kier alpha value is -3.49. The molecule has 0 spiro atoms. The molecule has 1 unspecified atom stereocenters. The maximum Gasteiger partial charge on any atom is 0.323 e. The minimum absolute atomic E-state index is 0.213. The van der Waals surface area contributed by atoms with Crippen LogP contribution in [0.3, 0.4) is 0 Å². The maximum atomic E-state index is 13.7. The molecule has 1 N–H and O–H groups in total. The van der Waals surface area contributed by atoms with E-state index in [1.807, 2.05) is 37.3 Å². The van der Waals surface area contributed by atoms with E-state index in [-0.39, 0.29) is 12.1 Å². The van der Waals surface area contributed by atoms with Gasteiger partial charge in [0.1, 0.15) is 12.4 Å². The molecule has 0 bridgehead atoms. The number of carbonyl (C=O) groups excluding carboxylic acids is 1. The molecule has 0 fully saturated rings. The van der Waals surface area contributed by atoms with E-state index in [0.29, 0.717) is 33.7 Å². The second-order valence-corrected chi connectivity index (χ2v) is 9.62. The van der Waals surface area contributed by atoms with Gasteiger partial charge < -0.3 is 10.0 Å². The zero-order valence-corrected chi connectivity index (χ0v) is 21.7. The molecule has 1 heterocycles. The van der Waals surface area contributed by atoms with Gasteiger partial charge in [-0.1, -0.05) is 64.8 Å². The molecule has 9 heteroatoms. The Bertz CT molecular complexity index is 1470. The van der Waals surface area contributed by atoms with Crippen LogP contribution in [-0.4, -0.2) is 38.0 Å². The van der Waals surface area contributed by atoms with Crippen LogP contribution in [0.4, 0.5) is 0 Å². The molecule has 36 heavy (non-hydrogen) atoms. The molecule has 1 amide bonds. The number of aliphatic carboxylic acids is 1. The summed E-state index contributed by atoms with van der Waals surface area (Å²) in [5.74, 6) is -1.34. The highest BCUT2D eigenvalue weighted by Crippen LogP contribution is 2.27. The minimum Gasteiger partial charge on any atom is -0.480 e. The molecule has 7 nitrogen and oxygen atoms in total. The zero-order chi connectivity index (χ0) is 25.8. The molecular weight excluding hydrogens is 546 g/mol. The Morgan fingerprint density at radius 1 is 1.08 bits per heavy atom. The summed E-state index contributed by atoms with van der Waals surface area (Å²) in [5.41, 5.74) is 1.30. The molecule has 0 radical (unpaired) electrons. The fraction of sp³-hybridized carbons (Fsp3) is 0.185. The van der Waals surface area contributed by atoms with E-state index in [1.165, 1.54) is 9.47 Å². The summed E-state index contributed by atoms with van der Waals surface area (Å²) in [6, 6.07) is 20.2. The Balaban J connectivity index is 1.91. The summed E-state index contributed by atoms with van der Waals surface area (Å²) in [6.07, 6.45) is 0.336. The van der Waals surface area contributed by atoms with E-state index in [2.05, 4.69) is 15.9 Å². The van der Waals surface area contributed by atoms with Gasteiger partial charge in [0.15, 0.2) is 0 Å². The van der Waals surface area contributed by atoms with Crippen molar-refractivity contribution in [2.75, 3.05) is 6.54 Å². The smallest absolute Gasteiger partial charge is 0.323 e. The Morgan fingerprint density at radius 3 is 2.42 bits per heavy atom. The van der Waals surface area contributed by atoms with Crippen LogP contribution in [0.25, 0.3) is 10.9 Å². The van der Waals surface area contributed by atoms with Crippen molar-refractivity contribution in [2.24, 2.45) is 0 Å². The van der Waals surface area contributed by atoms with Gasteiger partial charge in [-0.15, -0.1) is 0 Å². The lowest BCUT2D eigenvalue weighted by atomic mass is 10.1. The topological polar surface area (TPSA) is 92.5 Å². The SMILES string of the molecule is CCC(c1nc2cc(Cl)ccc2c(=O)n1Cc1ccccc1)N(CC(=O)O)C(=O)c1ccc(Br)cc1.